The number of hydrazine groups is 1. The molecule has 0 aliphatic heterocycles. The number of benzene rings is 1. The Morgan fingerprint density at radius 3 is 2.48 bits per heavy atom. The van der Waals surface area contributed by atoms with Gasteiger partial charge in [-0.1, -0.05) is 30.3 Å². The van der Waals surface area contributed by atoms with E-state index in [-0.39, 0.29) is 11.7 Å². The van der Waals surface area contributed by atoms with Gasteiger partial charge in [-0.2, -0.15) is 0 Å². The van der Waals surface area contributed by atoms with Gasteiger partial charge >= 0.3 is 0 Å². The van der Waals surface area contributed by atoms with Gasteiger partial charge in [0.15, 0.2) is 11.0 Å². The molecular formula is C19H19ClN6O2S. The number of carbonyl (C=O) groups is 2. The maximum atomic E-state index is 12.1. The van der Waals surface area contributed by atoms with Gasteiger partial charge in [0, 0.05) is 35.1 Å². The van der Waals surface area contributed by atoms with E-state index < -0.39 is 5.91 Å². The largest absolute Gasteiger partial charge is 0.302 e. The number of hydrogen-bond acceptors (Lipinski definition) is 6. The maximum absolute atomic E-state index is 12.1. The van der Waals surface area contributed by atoms with Gasteiger partial charge in [-0.25, -0.2) is 0 Å². The van der Waals surface area contributed by atoms with E-state index >= 15 is 0 Å². The van der Waals surface area contributed by atoms with Crippen LogP contribution < -0.4 is 10.9 Å². The lowest BCUT2D eigenvalue weighted by molar-refractivity contribution is -0.119. The Balaban J connectivity index is 1.58. The summed E-state index contributed by atoms with van der Waals surface area (Å²) >= 11 is 7.05. The highest BCUT2D eigenvalue weighted by Gasteiger charge is 2.15. The molecule has 0 aliphatic carbocycles. The molecule has 0 spiro atoms. The first-order valence-corrected chi connectivity index (χ1v) is 10.3. The fraction of sp³-hybridized carbons (Fsp3) is 0.211. The number of hydrogen-bond donors (Lipinski definition) is 2. The fourth-order valence-corrected chi connectivity index (χ4v) is 3.39. The summed E-state index contributed by atoms with van der Waals surface area (Å²) in [5, 5.41) is 9.63. The first kappa shape index (κ1) is 20.8. The molecule has 0 fully saturated rings. The molecule has 0 radical (unpaired) electrons. The van der Waals surface area contributed by atoms with Gasteiger partial charge in [-0.05, 0) is 42.8 Å². The molecule has 2 heterocycles. The van der Waals surface area contributed by atoms with Crippen molar-refractivity contribution in [2.24, 2.45) is 0 Å². The summed E-state index contributed by atoms with van der Waals surface area (Å²) in [4.78, 5) is 28.2. The van der Waals surface area contributed by atoms with Crippen molar-refractivity contribution < 1.29 is 9.59 Å². The summed E-state index contributed by atoms with van der Waals surface area (Å²) in [6, 6.07) is 10.1. The Hall–Kier alpha value is -2.91. The van der Waals surface area contributed by atoms with Crippen molar-refractivity contribution >= 4 is 35.2 Å². The SMILES string of the molecule is CCCn1c(SCC(=O)NNC(=O)c2ccc(Cl)cc2)nnc1-c1ccncc1. The zero-order valence-electron chi connectivity index (χ0n) is 15.6. The van der Waals surface area contributed by atoms with Crippen molar-refractivity contribution in [1.29, 1.82) is 0 Å². The molecule has 1 aromatic carbocycles. The zero-order valence-corrected chi connectivity index (χ0v) is 17.2. The van der Waals surface area contributed by atoms with E-state index in [0.717, 1.165) is 24.4 Å². The van der Waals surface area contributed by atoms with Crippen LogP contribution in [0.3, 0.4) is 0 Å². The molecule has 2 aromatic heterocycles. The molecule has 8 nitrogen and oxygen atoms in total. The molecule has 150 valence electrons. The van der Waals surface area contributed by atoms with Gasteiger partial charge in [0.2, 0.25) is 5.91 Å². The summed E-state index contributed by atoms with van der Waals surface area (Å²) in [5.41, 5.74) is 6.08. The Kier molecular flexibility index (Phi) is 7.20. The molecule has 29 heavy (non-hydrogen) atoms. The lowest BCUT2D eigenvalue weighted by Crippen LogP contribution is -2.42. The molecule has 0 atom stereocenters. The summed E-state index contributed by atoms with van der Waals surface area (Å²) in [7, 11) is 0. The highest BCUT2D eigenvalue weighted by atomic mass is 35.5. The molecule has 10 heteroatoms. The van der Waals surface area contributed by atoms with E-state index in [1.165, 1.54) is 11.8 Å². The highest BCUT2D eigenvalue weighted by Crippen LogP contribution is 2.23. The van der Waals surface area contributed by atoms with Gasteiger partial charge in [0.25, 0.3) is 5.91 Å². The van der Waals surface area contributed by atoms with Gasteiger partial charge in [0.1, 0.15) is 0 Å². The monoisotopic (exact) mass is 430 g/mol. The number of thioether (sulfide) groups is 1. The number of aromatic nitrogens is 4. The number of pyridine rings is 1. The molecule has 0 saturated heterocycles. The smallest absolute Gasteiger partial charge is 0.269 e. The quantitative estimate of drug-likeness (QED) is 0.441. The summed E-state index contributed by atoms with van der Waals surface area (Å²) in [6.45, 7) is 2.78. The van der Waals surface area contributed by atoms with Gasteiger partial charge < -0.3 is 4.57 Å². The van der Waals surface area contributed by atoms with Crippen molar-refractivity contribution in [2.45, 2.75) is 25.0 Å². The third kappa shape index (κ3) is 5.55. The topological polar surface area (TPSA) is 102 Å². The van der Waals surface area contributed by atoms with Crippen LogP contribution in [0.15, 0.2) is 53.9 Å². The highest BCUT2D eigenvalue weighted by molar-refractivity contribution is 7.99. The van der Waals surface area contributed by atoms with E-state index in [9.17, 15) is 9.59 Å². The second kappa shape index (κ2) is 10.0. The van der Waals surface area contributed by atoms with E-state index in [4.69, 9.17) is 11.6 Å². The predicted octanol–water partition coefficient (Wildman–Crippen LogP) is 2.96. The molecule has 3 rings (SSSR count). The molecule has 0 saturated carbocycles. The molecule has 2 amide bonds. The van der Waals surface area contributed by atoms with Crippen molar-refractivity contribution in [3.8, 4) is 11.4 Å². The van der Waals surface area contributed by atoms with E-state index in [1.807, 2.05) is 16.7 Å². The normalized spacial score (nSPS) is 10.6. The van der Waals surface area contributed by atoms with Crippen LogP contribution >= 0.6 is 23.4 Å². The van der Waals surface area contributed by atoms with Gasteiger partial charge in [-0.3, -0.25) is 25.4 Å². The number of carbonyl (C=O) groups excluding carboxylic acids is 2. The van der Waals surface area contributed by atoms with Crippen LogP contribution in [0.1, 0.15) is 23.7 Å². The number of amides is 2. The molecule has 0 aliphatic rings. The third-order valence-corrected chi connectivity index (χ3v) is 5.08. The first-order chi connectivity index (χ1) is 14.1. The van der Waals surface area contributed by atoms with Crippen LogP contribution in [-0.2, 0) is 11.3 Å². The van der Waals surface area contributed by atoms with Crippen LogP contribution in [0.5, 0.6) is 0 Å². The molecule has 0 unspecified atom stereocenters. The minimum absolute atomic E-state index is 0.0824. The standard InChI is InChI=1S/C19H19ClN6O2S/c1-2-11-26-17(13-7-9-21-10-8-13)23-25-19(26)29-12-16(27)22-24-18(28)14-3-5-15(20)6-4-14/h3-10H,2,11-12H2,1H3,(H,22,27)(H,24,28). The molecule has 2 N–H and O–H groups in total. The van der Waals surface area contributed by atoms with Crippen LogP contribution in [-0.4, -0.2) is 37.3 Å². The summed E-state index contributed by atoms with van der Waals surface area (Å²) in [6.07, 6.45) is 4.29. The second-order valence-electron chi connectivity index (χ2n) is 5.99. The maximum Gasteiger partial charge on any atom is 0.269 e. The van der Waals surface area contributed by atoms with Crippen molar-refractivity contribution in [2.75, 3.05) is 5.75 Å². The van der Waals surface area contributed by atoms with E-state index in [1.54, 1.807) is 36.7 Å². The van der Waals surface area contributed by atoms with Crippen LogP contribution in [0.2, 0.25) is 5.02 Å². The molecule has 3 aromatic rings. The number of nitrogens with zero attached hydrogens (tertiary/aromatic N) is 4. The lowest BCUT2D eigenvalue weighted by atomic mass is 10.2. The first-order valence-electron chi connectivity index (χ1n) is 8.89. The van der Waals surface area contributed by atoms with Crippen molar-refractivity contribution in [3.63, 3.8) is 0 Å². The van der Waals surface area contributed by atoms with E-state index in [2.05, 4.69) is 33.0 Å². The Labute approximate surface area is 177 Å². The van der Waals surface area contributed by atoms with Crippen LogP contribution in [0.4, 0.5) is 0 Å². The van der Waals surface area contributed by atoms with Crippen LogP contribution in [0.25, 0.3) is 11.4 Å². The zero-order chi connectivity index (χ0) is 20.6. The number of nitrogens with one attached hydrogen (secondary N) is 2. The summed E-state index contributed by atoms with van der Waals surface area (Å²) in [5.74, 6) is 0.0372. The molecule has 0 bridgehead atoms. The minimum Gasteiger partial charge on any atom is -0.302 e. The van der Waals surface area contributed by atoms with Crippen molar-refractivity contribution in [1.82, 2.24) is 30.6 Å². The fourth-order valence-electron chi connectivity index (χ4n) is 2.50. The Bertz CT molecular complexity index is 978. The second-order valence-corrected chi connectivity index (χ2v) is 7.37. The lowest BCUT2D eigenvalue weighted by Gasteiger charge is -2.09. The molecular weight excluding hydrogens is 412 g/mol. The van der Waals surface area contributed by atoms with Crippen molar-refractivity contribution in [3.05, 3.63) is 59.4 Å². The predicted molar refractivity (Wildman–Crippen MR) is 111 cm³/mol. The summed E-state index contributed by atoms with van der Waals surface area (Å²) < 4.78 is 1.97. The van der Waals surface area contributed by atoms with Crippen LogP contribution in [0, 0.1) is 0 Å². The number of rotatable bonds is 7. The minimum atomic E-state index is -0.422. The number of halogens is 1. The Morgan fingerprint density at radius 1 is 1.07 bits per heavy atom. The third-order valence-electron chi connectivity index (χ3n) is 3.86. The van der Waals surface area contributed by atoms with Gasteiger partial charge in [-0.15, -0.1) is 10.2 Å². The average Bonchev–Trinajstić information content (AvgIpc) is 3.14. The van der Waals surface area contributed by atoms with E-state index in [0.29, 0.717) is 15.7 Å². The Morgan fingerprint density at radius 2 is 1.79 bits per heavy atom. The average molecular weight is 431 g/mol. The van der Waals surface area contributed by atoms with Gasteiger partial charge in [0.05, 0.1) is 5.75 Å².